The number of aryl methyl sites for hydroxylation is 1. The summed E-state index contributed by atoms with van der Waals surface area (Å²) in [5.41, 5.74) is 2.38. The molecule has 0 radical (unpaired) electrons. The number of anilines is 1. The largest absolute Gasteiger partial charge is 0.283 e. The minimum atomic E-state index is -3.51. The minimum absolute atomic E-state index is 0.0571. The molecule has 6 nitrogen and oxygen atoms in total. The molecule has 4 rings (SSSR count). The Hall–Kier alpha value is -3.19. The first-order valence-electron chi connectivity index (χ1n) is 9.38. The maximum absolute atomic E-state index is 12.9. The van der Waals surface area contributed by atoms with Crippen LogP contribution in [-0.4, -0.2) is 23.7 Å². The molecule has 0 unspecified atom stereocenters. The van der Waals surface area contributed by atoms with Crippen LogP contribution >= 0.6 is 0 Å². The van der Waals surface area contributed by atoms with Gasteiger partial charge in [-0.3, -0.25) is 14.1 Å². The molecule has 0 bridgehead atoms. The van der Waals surface area contributed by atoms with Crippen molar-refractivity contribution in [3.63, 3.8) is 0 Å². The molecular formula is C22H21N3O3S. The molecule has 0 amide bonds. The van der Waals surface area contributed by atoms with Gasteiger partial charge in [-0.1, -0.05) is 30.4 Å². The standard InChI is InChI=1S/C22H21N3O3S/c1-16-23-21-10-6-5-9-20(21)22(26)25(16)19-13-11-18(12-14-19)24-29(27,28)15-17-7-3-2-4-8-17/h3,5-14,24H,2,4,15H2,1H3. The summed E-state index contributed by atoms with van der Waals surface area (Å²) in [6.07, 6.45) is 7.60. The van der Waals surface area contributed by atoms with Gasteiger partial charge in [0.25, 0.3) is 5.56 Å². The number of hydrogen-bond donors (Lipinski definition) is 1. The molecule has 2 aromatic carbocycles. The SMILES string of the molecule is Cc1nc2ccccc2c(=O)n1-c1ccc(NS(=O)(=O)CC2=CCCC=C2)cc1. The zero-order valence-electron chi connectivity index (χ0n) is 16.0. The first-order valence-corrected chi connectivity index (χ1v) is 11.0. The normalized spacial score (nSPS) is 14.0. The van der Waals surface area contributed by atoms with Crippen LogP contribution in [0.5, 0.6) is 0 Å². The van der Waals surface area contributed by atoms with E-state index < -0.39 is 10.0 Å². The summed E-state index contributed by atoms with van der Waals surface area (Å²) in [5.74, 6) is 0.511. The molecule has 1 aliphatic carbocycles. The number of aromatic nitrogens is 2. The topological polar surface area (TPSA) is 81.1 Å². The van der Waals surface area contributed by atoms with E-state index in [4.69, 9.17) is 0 Å². The number of rotatable bonds is 5. The maximum Gasteiger partial charge on any atom is 0.265 e. The van der Waals surface area contributed by atoms with Crippen molar-refractivity contribution in [3.8, 4) is 5.69 Å². The quantitative estimate of drug-likeness (QED) is 0.699. The lowest BCUT2D eigenvalue weighted by Gasteiger charge is -2.13. The van der Waals surface area contributed by atoms with Crippen LogP contribution in [0.1, 0.15) is 18.7 Å². The molecule has 0 spiro atoms. The van der Waals surface area contributed by atoms with Crippen LogP contribution in [0.2, 0.25) is 0 Å². The van der Waals surface area contributed by atoms with Gasteiger partial charge in [-0.15, -0.1) is 0 Å². The minimum Gasteiger partial charge on any atom is -0.283 e. The van der Waals surface area contributed by atoms with Crippen LogP contribution < -0.4 is 10.3 Å². The fraction of sp³-hybridized carbons (Fsp3) is 0.182. The first-order chi connectivity index (χ1) is 13.9. The van der Waals surface area contributed by atoms with Gasteiger partial charge >= 0.3 is 0 Å². The molecule has 0 fully saturated rings. The van der Waals surface area contributed by atoms with Crippen LogP contribution in [0.25, 0.3) is 16.6 Å². The Morgan fingerprint density at radius 2 is 1.83 bits per heavy atom. The average Bonchev–Trinajstić information content (AvgIpc) is 2.69. The summed E-state index contributed by atoms with van der Waals surface area (Å²) >= 11 is 0. The van der Waals surface area contributed by atoms with Gasteiger partial charge in [-0.05, 0) is 61.7 Å². The molecule has 1 aliphatic rings. The van der Waals surface area contributed by atoms with E-state index in [0.29, 0.717) is 28.1 Å². The lowest BCUT2D eigenvalue weighted by atomic mass is 10.1. The van der Waals surface area contributed by atoms with Crippen LogP contribution in [0.15, 0.2) is 77.1 Å². The number of nitrogens with zero attached hydrogens (tertiary/aromatic N) is 2. The number of benzene rings is 2. The fourth-order valence-electron chi connectivity index (χ4n) is 3.44. The Labute approximate surface area is 169 Å². The van der Waals surface area contributed by atoms with Crippen molar-refractivity contribution in [2.24, 2.45) is 0 Å². The van der Waals surface area contributed by atoms with Gasteiger partial charge < -0.3 is 0 Å². The molecule has 1 heterocycles. The van der Waals surface area contributed by atoms with Crippen LogP contribution in [0.3, 0.4) is 0 Å². The van der Waals surface area contributed by atoms with Gasteiger partial charge in [0.15, 0.2) is 0 Å². The van der Waals surface area contributed by atoms with E-state index >= 15 is 0 Å². The molecule has 0 atom stereocenters. The summed E-state index contributed by atoms with van der Waals surface area (Å²) in [7, 11) is -3.51. The van der Waals surface area contributed by atoms with Gasteiger partial charge in [0, 0.05) is 5.69 Å². The highest BCUT2D eigenvalue weighted by Gasteiger charge is 2.14. The van der Waals surface area contributed by atoms with Crippen molar-refractivity contribution in [1.29, 1.82) is 0 Å². The lowest BCUT2D eigenvalue weighted by Crippen LogP contribution is -2.22. The highest BCUT2D eigenvalue weighted by Crippen LogP contribution is 2.18. The number of hydrogen-bond acceptors (Lipinski definition) is 4. The van der Waals surface area contributed by atoms with Gasteiger partial charge in [-0.2, -0.15) is 0 Å². The Balaban J connectivity index is 1.60. The summed E-state index contributed by atoms with van der Waals surface area (Å²) < 4.78 is 29.0. The fourth-order valence-corrected chi connectivity index (χ4v) is 4.66. The third-order valence-electron chi connectivity index (χ3n) is 4.77. The monoisotopic (exact) mass is 407 g/mol. The first kappa shape index (κ1) is 19.1. The van der Waals surface area contributed by atoms with Crippen molar-refractivity contribution in [2.45, 2.75) is 19.8 Å². The highest BCUT2D eigenvalue weighted by molar-refractivity contribution is 7.92. The smallest absolute Gasteiger partial charge is 0.265 e. The molecule has 0 aliphatic heterocycles. The third kappa shape index (κ3) is 4.14. The lowest BCUT2D eigenvalue weighted by molar-refractivity contribution is 0.603. The van der Waals surface area contributed by atoms with E-state index in [2.05, 4.69) is 9.71 Å². The van der Waals surface area contributed by atoms with Gasteiger partial charge in [0.2, 0.25) is 10.0 Å². The summed E-state index contributed by atoms with van der Waals surface area (Å²) in [5, 5.41) is 0.539. The second-order valence-corrected chi connectivity index (χ2v) is 8.71. The van der Waals surface area contributed by atoms with Gasteiger partial charge in [-0.25, -0.2) is 13.4 Å². The molecule has 148 valence electrons. The predicted molar refractivity (Wildman–Crippen MR) is 116 cm³/mol. The molecule has 3 aromatic rings. The molecular weight excluding hydrogens is 386 g/mol. The Bertz CT molecular complexity index is 1290. The van der Waals surface area contributed by atoms with E-state index in [0.717, 1.165) is 18.4 Å². The number of allylic oxidation sites excluding steroid dienone is 3. The average molecular weight is 407 g/mol. The van der Waals surface area contributed by atoms with Crippen molar-refractivity contribution in [3.05, 3.63) is 88.5 Å². The third-order valence-corrected chi connectivity index (χ3v) is 6.03. The maximum atomic E-state index is 12.9. The number of nitrogens with one attached hydrogen (secondary N) is 1. The van der Waals surface area contributed by atoms with Gasteiger partial charge in [0.1, 0.15) is 5.82 Å². The van der Waals surface area contributed by atoms with Crippen LogP contribution in [-0.2, 0) is 10.0 Å². The number of para-hydroxylation sites is 1. The predicted octanol–water partition coefficient (Wildman–Crippen LogP) is 3.71. The van der Waals surface area contributed by atoms with E-state index in [9.17, 15) is 13.2 Å². The zero-order chi connectivity index (χ0) is 20.4. The highest BCUT2D eigenvalue weighted by atomic mass is 32.2. The number of fused-ring (bicyclic) bond motifs is 1. The second kappa shape index (κ2) is 7.67. The summed E-state index contributed by atoms with van der Waals surface area (Å²) in [6.45, 7) is 1.77. The molecule has 1 N–H and O–H groups in total. The van der Waals surface area contributed by atoms with Crippen molar-refractivity contribution in [2.75, 3.05) is 10.5 Å². The van der Waals surface area contributed by atoms with Gasteiger partial charge in [0.05, 0.1) is 22.3 Å². The van der Waals surface area contributed by atoms with Crippen LogP contribution in [0.4, 0.5) is 5.69 Å². The van der Waals surface area contributed by atoms with E-state index in [1.54, 1.807) is 43.3 Å². The molecule has 0 saturated carbocycles. The summed E-state index contributed by atoms with van der Waals surface area (Å²) in [6, 6.07) is 13.9. The van der Waals surface area contributed by atoms with Crippen molar-refractivity contribution in [1.82, 2.24) is 9.55 Å². The van der Waals surface area contributed by atoms with Crippen molar-refractivity contribution < 1.29 is 8.42 Å². The van der Waals surface area contributed by atoms with E-state index in [1.807, 2.05) is 30.4 Å². The zero-order valence-corrected chi connectivity index (χ0v) is 16.8. The molecule has 1 aromatic heterocycles. The Kier molecular flexibility index (Phi) is 5.07. The van der Waals surface area contributed by atoms with E-state index in [1.165, 1.54) is 4.57 Å². The van der Waals surface area contributed by atoms with Crippen LogP contribution in [0, 0.1) is 6.92 Å². The number of sulfonamides is 1. The van der Waals surface area contributed by atoms with E-state index in [-0.39, 0.29) is 11.3 Å². The molecule has 7 heteroatoms. The Morgan fingerprint density at radius 1 is 1.07 bits per heavy atom. The molecule has 29 heavy (non-hydrogen) atoms. The Morgan fingerprint density at radius 3 is 2.55 bits per heavy atom. The molecule has 0 saturated heterocycles. The summed E-state index contributed by atoms with van der Waals surface area (Å²) in [4.78, 5) is 17.4. The second-order valence-electron chi connectivity index (χ2n) is 6.98. The van der Waals surface area contributed by atoms with Crippen molar-refractivity contribution >= 4 is 26.6 Å².